The Labute approximate surface area is 110 Å². The molecule has 0 saturated heterocycles. The number of aromatic nitrogens is 3. The fraction of sp³-hybridized carbons (Fsp3) is 0.600. The molecule has 0 atom stereocenters. The minimum atomic E-state index is -1.13. The third kappa shape index (κ3) is 4.92. The molecule has 9 heteroatoms. The first-order valence-corrected chi connectivity index (χ1v) is 5.66. The number of hydrogen-bond acceptors (Lipinski definition) is 5. The summed E-state index contributed by atoms with van der Waals surface area (Å²) >= 11 is 0. The highest BCUT2D eigenvalue weighted by atomic mass is 16.5. The van der Waals surface area contributed by atoms with E-state index in [0.29, 0.717) is 26.2 Å². The van der Waals surface area contributed by atoms with Crippen molar-refractivity contribution >= 4 is 12.0 Å². The number of aromatic carboxylic acids is 1. The van der Waals surface area contributed by atoms with E-state index in [1.807, 2.05) is 0 Å². The molecule has 9 nitrogen and oxygen atoms in total. The van der Waals surface area contributed by atoms with Crippen molar-refractivity contribution in [2.45, 2.75) is 6.54 Å². The Hall–Kier alpha value is -2.16. The number of carboxylic acid groups (broad SMARTS) is 1. The second-order valence-corrected chi connectivity index (χ2v) is 3.82. The molecule has 0 aromatic carbocycles. The molecular formula is C10H17N5O4. The normalized spacial score (nSPS) is 10.2. The third-order valence-corrected chi connectivity index (χ3v) is 2.35. The van der Waals surface area contributed by atoms with Gasteiger partial charge in [-0.1, -0.05) is 5.21 Å². The average molecular weight is 271 g/mol. The number of ether oxygens (including phenoxy) is 1. The van der Waals surface area contributed by atoms with Crippen LogP contribution in [-0.2, 0) is 11.3 Å². The smallest absolute Gasteiger partial charge is 0.358 e. The number of hydrogen-bond donors (Lipinski definition) is 2. The van der Waals surface area contributed by atoms with Crippen LogP contribution in [0.15, 0.2) is 6.20 Å². The molecule has 1 aromatic rings. The first-order chi connectivity index (χ1) is 9.04. The summed E-state index contributed by atoms with van der Waals surface area (Å²) in [5, 5.41) is 18.4. The van der Waals surface area contributed by atoms with Gasteiger partial charge in [-0.2, -0.15) is 0 Å². The summed E-state index contributed by atoms with van der Waals surface area (Å²) in [4.78, 5) is 23.6. The molecule has 0 fully saturated rings. The van der Waals surface area contributed by atoms with E-state index in [2.05, 4.69) is 15.6 Å². The second kappa shape index (κ2) is 7.31. The van der Waals surface area contributed by atoms with Gasteiger partial charge in [0.1, 0.15) is 0 Å². The average Bonchev–Trinajstić information content (AvgIpc) is 2.84. The molecule has 1 rings (SSSR count). The van der Waals surface area contributed by atoms with Crippen LogP contribution in [0.25, 0.3) is 0 Å². The minimum absolute atomic E-state index is 0.122. The van der Waals surface area contributed by atoms with Gasteiger partial charge in [0.15, 0.2) is 5.69 Å². The molecule has 0 aliphatic heterocycles. The molecule has 1 heterocycles. The number of nitrogens with zero attached hydrogens (tertiary/aromatic N) is 4. The maximum absolute atomic E-state index is 11.6. The zero-order valence-electron chi connectivity index (χ0n) is 10.9. The number of amides is 2. The van der Waals surface area contributed by atoms with Crippen molar-refractivity contribution in [1.82, 2.24) is 25.2 Å². The number of urea groups is 1. The number of methoxy groups -OCH3 is 1. The lowest BCUT2D eigenvalue weighted by Crippen LogP contribution is -2.40. The van der Waals surface area contributed by atoms with Crippen LogP contribution in [0.3, 0.4) is 0 Å². The van der Waals surface area contributed by atoms with Crippen molar-refractivity contribution < 1.29 is 19.4 Å². The zero-order chi connectivity index (χ0) is 14.3. The predicted molar refractivity (Wildman–Crippen MR) is 64.9 cm³/mol. The number of likely N-dealkylation sites (N-methyl/N-ethyl adjacent to an activating group) is 1. The molecule has 0 radical (unpaired) electrons. The SMILES string of the molecule is COCCN(C)C(=O)NCCn1cc(C(=O)O)nn1. The molecule has 0 saturated carbocycles. The predicted octanol–water partition coefficient (Wildman–Crippen LogP) is -0.736. The number of nitrogens with one attached hydrogen (secondary N) is 1. The van der Waals surface area contributed by atoms with Crippen molar-refractivity contribution in [3.05, 3.63) is 11.9 Å². The largest absolute Gasteiger partial charge is 0.476 e. The topological polar surface area (TPSA) is 110 Å². The Bertz CT molecular complexity index is 433. The monoisotopic (exact) mass is 271 g/mol. The van der Waals surface area contributed by atoms with E-state index in [1.165, 1.54) is 15.8 Å². The molecule has 2 amide bonds. The minimum Gasteiger partial charge on any atom is -0.476 e. The summed E-state index contributed by atoms with van der Waals surface area (Å²) in [7, 11) is 3.23. The number of carbonyl (C=O) groups is 2. The van der Waals surface area contributed by atoms with Crippen LogP contribution in [0, 0.1) is 0 Å². The van der Waals surface area contributed by atoms with Crippen LogP contribution in [-0.4, -0.2) is 70.9 Å². The van der Waals surface area contributed by atoms with E-state index < -0.39 is 5.97 Å². The van der Waals surface area contributed by atoms with Gasteiger partial charge in [-0.15, -0.1) is 5.10 Å². The molecule has 0 bridgehead atoms. The zero-order valence-corrected chi connectivity index (χ0v) is 10.9. The Balaban J connectivity index is 2.29. The van der Waals surface area contributed by atoms with Crippen molar-refractivity contribution in [2.75, 3.05) is 33.9 Å². The highest BCUT2D eigenvalue weighted by molar-refractivity contribution is 5.84. The Morgan fingerprint density at radius 1 is 1.58 bits per heavy atom. The van der Waals surface area contributed by atoms with Gasteiger partial charge in [0, 0.05) is 27.2 Å². The van der Waals surface area contributed by atoms with Crippen LogP contribution in [0.2, 0.25) is 0 Å². The molecule has 1 aromatic heterocycles. The van der Waals surface area contributed by atoms with E-state index >= 15 is 0 Å². The van der Waals surface area contributed by atoms with E-state index in [-0.39, 0.29) is 11.7 Å². The number of carbonyl (C=O) groups excluding carboxylic acids is 1. The molecule has 0 spiro atoms. The van der Waals surface area contributed by atoms with E-state index in [9.17, 15) is 9.59 Å². The van der Waals surface area contributed by atoms with Gasteiger partial charge in [0.05, 0.1) is 19.3 Å². The van der Waals surface area contributed by atoms with Crippen molar-refractivity contribution in [3.63, 3.8) is 0 Å². The van der Waals surface area contributed by atoms with Gasteiger partial charge in [-0.05, 0) is 0 Å². The van der Waals surface area contributed by atoms with Gasteiger partial charge in [-0.3, -0.25) is 0 Å². The fourth-order valence-electron chi connectivity index (χ4n) is 1.25. The molecule has 0 aliphatic rings. The molecule has 19 heavy (non-hydrogen) atoms. The van der Waals surface area contributed by atoms with Crippen molar-refractivity contribution in [3.8, 4) is 0 Å². The maximum atomic E-state index is 11.6. The molecule has 0 aliphatic carbocycles. The molecule has 0 unspecified atom stereocenters. The fourth-order valence-corrected chi connectivity index (χ4v) is 1.25. The Morgan fingerprint density at radius 2 is 2.32 bits per heavy atom. The van der Waals surface area contributed by atoms with Gasteiger partial charge < -0.3 is 20.1 Å². The highest BCUT2D eigenvalue weighted by Crippen LogP contribution is 1.92. The van der Waals surface area contributed by atoms with Gasteiger partial charge >= 0.3 is 12.0 Å². The van der Waals surface area contributed by atoms with Crippen LogP contribution in [0.4, 0.5) is 4.79 Å². The lowest BCUT2D eigenvalue weighted by molar-refractivity contribution is 0.0690. The molecule has 2 N–H and O–H groups in total. The summed E-state index contributed by atoms with van der Waals surface area (Å²) in [6.07, 6.45) is 1.31. The van der Waals surface area contributed by atoms with Crippen LogP contribution >= 0.6 is 0 Å². The van der Waals surface area contributed by atoms with Crippen LogP contribution in [0.1, 0.15) is 10.5 Å². The lowest BCUT2D eigenvalue weighted by atomic mass is 10.5. The first-order valence-electron chi connectivity index (χ1n) is 5.66. The summed E-state index contributed by atoms with van der Waals surface area (Å²) < 4.78 is 6.22. The quantitative estimate of drug-likeness (QED) is 0.676. The maximum Gasteiger partial charge on any atom is 0.358 e. The Kier molecular flexibility index (Phi) is 5.73. The van der Waals surface area contributed by atoms with E-state index in [1.54, 1.807) is 14.2 Å². The molecular weight excluding hydrogens is 254 g/mol. The number of carboxylic acids is 1. The van der Waals surface area contributed by atoms with Crippen molar-refractivity contribution in [1.29, 1.82) is 0 Å². The Morgan fingerprint density at radius 3 is 2.89 bits per heavy atom. The van der Waals surface area contributed by atoms with E-state index in [4.69, 9.17) is 9.84 Å². The second-order valence-electron chi connectivity index (χ2n) is 3.82. The van der Waals surface area contributed by atoms with Gasteiger partial charge in [-0.25, -0.2) is 14.3 Å². The van der Waals surface area contributed by atoms with Crippen molar-refractivity contribution in [2.24, 2.45) is 0 Å². The first kappa shape index (κ1) is 14.9. The summed E-state index contributed by atoms with van der Waals surface area (Å²) in [6.45, 7) is 1.65. The van der Waals surface area contributed by atoms with Gasteiger partial charge in [0.2, 0.25) is 0 Å². The van der Waals surface area contributed by atoms with E-state index in [0.717, 1.165) is 0 Å². The lowest BCUT2D eigenvalue weighted by Gasteiger charge is -2.17. The molecule has 106 valence electrons. The van der Waals surface area contributed by atoms with Gasteiger partial charge in [0.25, 0.3) is 0 Å². The highest BCUT2D eigenvalue weighted by Gasteiger charge is 2.09. The number of rotatable bonds is 7. The summed E-state index contributed by atoms with van der Waals surface area (Å²) in [6, 6.07) is -0.226. The van der Waals surface area contributed by atoms with Crippen LogP contribution < -0.4 is 5.32 Å². The third-order valence-electron chi connectivity index (χ3n) is 2.35. The standard InChI is InChI=1S/C10H17N5O4/c1-14(5-6-19-2)10(18)11-3-4-15-7-8(9(16)17)12-13-15/h7H,3-6H2,1-2H3,(H,11,18)(H,16,17). The summed E-state index contributed by atoms with van der Waals surface area (Å²) in [5.41, 5.74) is -0.122. The van der Waals surface area contributed by atoms with Crippen LogP contribution in [0.5, 0.6) is 0 Å². The summed E-state index contributed by atoms with van der Waals surface area (Å²) in [5.74, 6) is -1.13.